The normalized spacial score (nSPS) is 20.9. The molecule has 0 amide bonds. The van der Waals surface area contributed by atoms with Crippen LogP contribution < -0.4 is 0 Å². The number of nitrogens with zero attached hydrogens (tertiary/aromatic N) is 3. The van der Waals surface area contributed by atoms with Crippen LogP contribution in [0, 0.1) is 5.92 Å². The van der Waals surface area contributed by atoms with Crippen molar-refractivity contribution in [3.05, 3.63) is 11.6 Å². The minimum atomic E-state index is -0.428. The van der Waals surface area contributed by atoms with Crippen molar-refractivity contribution in [2.45, 2.75) is 38.8 Å². The van der Waals surface area contributed by atoms with Gasteiger partial charge in [-0.25, -0.2) is 0 Å². The van der Waals surface area contributed by atoms with E-state index in [0.717, 1.165) is 31.0 Å². The number of rotatable bonds is 3. The van der Waals surface area contributed by atoms with Gasteiger partial charge in [0.2, 0.25) is 0 Å². The Morgan fingerprint density at radius 3 is 2.88 bits per heavy atom. The van der Waals surface area contributed by atoms with Gasteiger partial charge in [0.25, 0.3) is 0 Å². The van der Waals surface area contributed by atoms with E-state index in [4.69, 9.17) is 4.74 Å². The van der Waals surface area contributed by atoms with Gasteiger partial charge >= 0.3 is 0 Å². The Hall–Kier alpha value is -0.940. The maximum absolute atomic E-state index is 9.22. The third-order valence-electron chi connectivity index (χ3n) is 3.35. The van der Waals surface area contributed by atoms with Crippen molar-refractivity contribution in [3.8, 4) is 0 Å². The highest BCUT2D eigenvalue weighted by atomic mass is 16.5. The first kappa shape index (κ1) is 11.5. The first-order valence-electron chi connectivity index (χ1n) is 5.67. The summed E-state index contributed by atoms with van der Waals surface area (Å²) >= 11 is 0. The van der Waals surface area contributed by atoms with Crippen molar-refractivity contribution >= 4 is 0 Å². The van der Waals surface area contributed by atoms with Crippen LogP contribution in [0.3, 0.4) is 0 Å². The SMILES string of the molecule is COC(C)(C)c1nnc2n1CC(CO)CC2. The molecule has 0 aliphatic carbocycles. The number of aliphatic hydroxyl groups is 1. The predicted molar refractivity (Wildman–Crippen MR) is 59.0 cm³/mol. The van der Waals surface area contributed by atoms with Gasteiger partial charge in [0, 0.05) is 32.6 Å². The summed E-state index contributed by atoms with van der Waals surface area (Å²) in [7, 11) is 1.67. The zero-order valence-electron chi connectivity index (χ0n) is 10.1. The van der Waals surface area contributed by atoms with Crippen molar-refractivity contribution in [3.63, 3.8) is 0 Å². The number of ether oxygens (including phenoxy) is 1. The third-order valence-corrected chi connectivity index (χ3v) is 3.35. The zero-order chi connectivity index (χ0) is 11.8. The third kappa shape index (κ3) is 1.85. The van der Waals surface area contributed by atoms with Gasteiger partial charge < -0.3 is 14.4 Å². The largest absolute Gasteiger partial charge is 0.396 e. The molecule has 0 saturated heterocycles. The van der Waals surface area contributed by atoms with E-state index in [1.165, 1.54) is 0 Å². The predicted octanol–water partition coefficient (Wildman–Crippen LogP) is 0.714. The Morgan fingerprint density at radius 1 is 1.50 bits per heavy atom. The van der Waals surface area contributed by atoms with Gasteiger partial charge in [-0.3, -0.25) is 0 Å². The number of aromatic nitrogens is 3. The van der Waals surface area contributed by atoms with Gasteiger partial charge in [0.1, 0.15) is 11.4 Å². The molecule has 0 fully saturated rings. The topological polar surface area (TPSA) is 60.2 Å². The lowest BCUT2D eigenvalue weighted by molar-refractivity contribution is 0.00653. The molecule has 0 bridgehead atoms. The Balaban J connectivity index is 2.33. The lowest BCUT2D eigenvalue weighted by atomic mass is 9.99. The first-order chi connectivity index (χ1) is 7.58. The van der Waals surface area contributed by atoms with Gasteiger partial charge in [-0.2, -0.15) is 0 Å². The highest BCUT2D eigenvalue weighted by Crippen LogP contribution is 2.27. The van der Waals surface area contributed by atoms with Gasteiger partial charge in [0.15, 0.2) is 5.82 Å². The molecule has 16 heavy (non-hydrogen) atoms. The second kappa shape index (κ2) is 4.14. The molecule has 0 aromatic carbocycles. The average Bonchev–Trinajstić information content (AvgIpc) is 2.72. The summed E-state index contributed by atoms with van der Waals surface area (Å²) in [6, 6.07) is 0. The number of hydrogen-bond donors (Lipinski definition) is 1. The number of hydrogen-bond acceptors (Lipinski definition) is 4. The van der Waals surface area contributed by atoms with Crippen molar-refractivity contribution in [2.75, 3.05) is 13.7 Å². The molecule has 0 spiro atoms. The van der Waals surface area contributed by atoms with Gasteiger partial charge in [0.05, 0.1) is 0 Å². The van der Waals surface area contributed by atoms with Crippen molar-refractivity contribution in [2.24, 2.45) is 5.92 Å². The second-order valence-corrected chi connectivity index (χ2v) is 4.85. The van der Waals surface area contributed by atoms with E-state index in [2.05, 4.69) is 14.8 Å². The van der Waals surface area contributed by atoms with Gasteiger partial charge in [-0.1, -0.05) is 0 Å². The molecule has 1 unspecified atom stereocenters. The van der Waals surface area contributed by atoms with Crippen LogP contribution in [-0.4, -0.2) is 33.6 Å². The lowest BCUT2D eigenvalue weighted by Crippen LogP contribution is -2.30. The Morgan fingerprint density at radius 2 is 2.25 bits per heavy atom. The van der Waals surface area contributed by atoms with Crippen molar-refractivity contribution in [1.29, 1.82) is 0 Å². The quantitative estimate of drug-likeness (QED) is 0.823. The lowest BCUT2D eigenvalue weighted by Gasteiger charge is -2.27. The molecule has 1 aromatic rings. The monoisotopic (exact) mass is 225 g/mol. The van der Waals surface area contributed by atoms with Crippen LogP contribution in [0.1, 0.15) is 31.9 Å². The molecule has 2 rings (SSSR count). The number of methoxy groups -OCH3 is 1. The van der Waals surface area contributed by atoms with E-state index in [1.807, 2.05) is 13.8 Å². The molecule has 1 N–H and O–H groups in total. The van der Waals surface area contributed by atoms with Gasteiger partial charge in [-0.15, -0.1) is 10.2 Å². The smallest absolute Gasteiger partial charge is 0.164 e. The van der Waals surface area contributed by atoms with Crippen LogP contribution in [0.25, 0.3) is 0 Å². The fourth-order valence-corrected chi connectivity index (χ4v) is 2.08. The summed E-state index contributed by atoms with van der Waals surface area (Å²) in [5, 5.41) is 17.6. The molecule has 0 saturated carbocycles. The number of fused-ring (bicyclic) bond motifs is 1. The molecule has 1 aliphatic rings. The molecule has 0 radical (unpaired) electrons. The Kier molecular flexibility index (Phi) is 2.99. The summed E-state index contributed by atoms with van der Waals surface area (Å²) in [6.07, 6.45) is 1.88. The highest BCUT2D eigenvalue weighted by molar-refractivity contribution is 5.06. The number of aliphatic hydroxyl groups excluding tert-OH is 1. The van der Waals surface area contributed by atoms with Crippen LogP contribution in [-0.2, 0) is 23.3 Å². The molecule has 1 aromatic heterocycles. The van der Waals surface area contributed by atoms with Crippen LogP contribution in [0.15, 0.2) is 0 Å². The first-order valence-corrected chi connectivity index (χ1v) is 5.67. The van der Waals surface area contributed by atoms with E-state index in [-0.39, 0.29) is 6.61 Å². The minimum Gasteiger partial charge on any atom is -0.396 e. The van der Waals surface area contributed by atoms with Crippen LogP contribution >= 0.6 is 0 Å². The van der Waals surface area contributed by atoms with Crippen LogP contribution in [0.2, 0.25) is 0 Å². The fraction of sp³-hybridized carbons (Fsp3) is 0.818. The average molecular weight is 225 g/mol. The maximum atomic E-state index is 9.22. The van der Waals surface area contributed by atoms with E-state index in [0.29, 0.717) is 5.92 Å². The Bertz CT molecular complexity index is 373. The van der Waals surface area contributed by atoms with Crippen LogP contribution in [0.5, 0.6) is 0 Å². The van der Waals surface area contributed by atoms with E-state index in [9.17, 15) is 5.11 Å². The summed E-state index contributed by atoms with van der Waals surface area (Å²) in [4.78, 5) is 0. The Labute approximate surface area is 95.4 Å². The molecular formula is C11H19N3O2. The van der Waals surface area contributed by atoms with Crippen molar-refractivity contribution < 1.29 is 9.84 Å². The van der Waals surface area contributed by atoms with E-state index in [1.54, 1.807) is 7.11 Å². The minimum absolute atomic E-state index is 0.227. The molecule has 5 nitrogen and oxygen atoms in total. The summed E-state index contributed by atoms with van der Waals surface area (Å²) in [5.41, 5.74) is -0.428. The number of aryl methyl sites for hydroxylation is 1. The van der Waals surface area contributed by atoms with E-state index >= 15 is 0 Å². The molecule has 5 heteroatoms. The molecule has 1 atom stereocenters. The molecular weight excluding hydrogens is 206 g/mol. The maximum Gasteiger partial charge on any atom is 0.164 e. The second-order valence-electron chi connectivity index (χ2n) is 4.85. The fourth-order valence-electron chi connectivity index (χ4n) is 2.08. The van der Waals surface area contributed by atoms with Crippen molar-refractivity contribution in [1.82, 2.24) is 14.8 Å². The highest BCUT2D eigenvalue weighted by Gasteiger charge is 2.31. The zero-order valence-corrected chi connectivity index (χ0v) is 10.1. The van der Waals surface area contributed by atoms with Crippen LogP contribution in [0.4, 0.5) is 0 Å². The summed E-state index contributed by atoms with van der Waals surface area (Å²) in [5.74, 6) is 2.17. The molecule has 90 valence electrons. The van der Waals surface area contributed by atoms with E-state index < -0.39 is 5.60 Å². The molecule has 2 heterocycles. The standard InChI is InChI=1S/C11H19N3O2/c1-11(2,16-3)10-13-12-9-5-4-8(7-15)6-14(9)10/h8,15H,4-7H2,1-3H3. The summed E-state index contributed by atoms with van der Waals surface area (Å²) in [6.45, 7) is 4.98. The molecule has 1 aliphatic heterocycles. The van der Waals surface area contributed by atoms with Gasteiger partial charge in [-0.05, 0) is 20.3 Å². The summed E-state index contributed by atoms with van der Waals surface area (Å²) < 4.78 is 7.52.